The van der Waals surface area contributed by atoms with Crippen LogP contribution in [0.2, 0.25) is 0 Å². The molecular weight excluding hydrogens is 220 g/mol. The van der Waals surface area contributed by atoms with Crippen LogP contribution in [0.5, 0.6) is 0 Å². The first-order chi connectivity index (χ1) is 8.81. The Labute approximate surface area is 111 Å². The van der Waals surface area contributed by atoms with E-state index in [9.17, 15) is 0 Å². The second-order valence-corrected chi connectivity index (χ2v) is 5.36. The van der Waals surface area contributed by atoms with E-state index < -0.39 is 0 Å². The van der Waals surface area contributed by atoms with Crippen LogP contribution in [0.25, 0.3) is 0 Å². The Hall–Kier alpha value is -1.02. The fraction of sp³-hybridized carbons (Fsp3) is 0.625. The van der Waals surface area contributed by atoms with Crippen molar-refractivity contribution in [1.29, 1.82) is 0 Å². The number of rotatable bonds is 8. The van der Waals surface area contributed by atoms with Crippen molar-refractivity contribution in [3.63, 3.8) is 0 Å². The number of aryl methyl sites for hydroxylation is 1. The van der Waals surface area contributed by atoms with Crippen LogP contribution < -0.4 is 5.32 Å². The van der Waals surface area contributed by atoms with Gasteiger partial charge in [0.25, 0.3) is 0 Å². The molecule has 0 bridgehead atoms. The number of hydrogen-bond acceptors (Lipinski definition) is 2. The van der Waals surface area contributed by atoms with Gasteiger partial charge in [0.2, 0.25) is 0 Å². The number of hydrogen-bond donors (Lipinski definition) is 1. The summed E-state index contributed by atoms with van der Waals surface area (Å²) < 4.78 is 0. The molecule has 1 aromatic carbocycles. The number of nitrogens with one attached hydrogen (secondary N) is 1. The van der Waals surface area contributed by atoms with Crippen molar-refractivity contribution in [2.45, 2.75) is 45.6 Å². The topological polar surface area (TPSA) is 15.3 Å². The van der Waals surface area contributed by atoms with Crippen molar-refractivity contribution in [3.8, 4) is 0 Å². The van der Waals surface area contributed by atoms with Crippen molar-refractivity contribution in [3.05, 3.63) is 29.8 Å². The van der Waals surface area contributed by atoms with Crippen LogP contribution in [0, 0.1) is 6.92 Å². The lowest BCUT2D eigenvalue weighted by molar-refractivity contribution is 0.269. The molecule has 1 saturated carbocycles. The molecule has 18 heavy (non-hydrogen) atoms. The van der Waals surface area contributed by atoms with Gasteiger partial charge >= 0.3 is 0 Å². The zero-order valence-electron chi connectivity index (χ0n) is 11.8. The molecule has 0 aromatic heterocycles. The molecule has 2 nitrogen and oxygen atoms in total. The van der Waals surface area contributed by atoms with E-state index in [1.165, 1.54) is 50.0 Å². The number of anilines is 1. The number of nitrogens with zero attached hydrogens (tertiary/aromatic N) is 1. The average Bonchev–Trinajstić information content (AvgIpc) is 3.20. The van der Waals surface area contributed by atoms with Crippen LogP contribution in [0.3, 0.4) is 0 Å². The van der Waals surface area contributed by atoms with Crippen molar-refractivity contribution >= 4 is 5.69 Å². The largest absolute Gasteiger partial charge is 0.384 e. The highest BCUT2D eigenvalue weighted by molar-refractivity contribution is 5.50. The van der Waals surface area contributed by atoms with E-state index in [0.29, 0.717) is 0 Å². The van der Waals surface area contributed by atoms with E-state index in [4.69, 9.17) is 0 Å². The summed E-state index contributed by atoms with van der Waals surface area (Å²) in [6.45, 7) is 7.95. The average molecular weight is 246 g/mol. The maximum absolute atomic E-state index is 3.56. The molecule has 0 saturated heterocycles. The maximum atomic E-state index is 3.56. The molecule has 0 aliphatic heterocycles. The molecule has 2 heteroatoms. The van der Waals surface area contributed by atoms with Gasteiger partial charge in [0.1, 0.15) is 0 Å². The first kappa shape index (κ1) is 13.4. The molecule has 0 heterocycles. The van der Waals surface area contributed by atoms with E-state index >= 15 is 0 Å². The molecular formula is C16H26N2. The second kappa shape index (κ2) is 6.79. The Morgan fingerprint density at radius 3 is 2.67 bits per heavy atom. The fourth-order valence-corrected chi connectivity index (χ4v) is 2.38. The minimum atomic E-state index is 0.884. The van der Waals surface area contributed by atoms with Gasteiger partial charge in [-0.2, -0.15) is 0 Å². The smallest absolute Gasteiger partial charge is 0.0370 e. The maximum Gasteiger partial charge on any atom is 0.0370 e. The summed E-state index contributed by atoms with van der Waals surface area (Å²) in [5, 5.41) is 3.56. The Morgan fingerprint density at radius 2 is 2.00 bits per heavy atom. The molecule has 0 unspecified atom stereocenters. The van der Waals surface area contributed by atoms with Gasteiger partial charge in [-0.25, -0.2) is 0 Å². The molecule has 1 N–H and O–H groups in total. The molecule has 0 amide bonds. The van der Waals surface area contributed by atoms with Gasteiger partial charge in [0.15, 0.2) is 0 Å². The highest BCUT2D eigenvalue weighted by Crippen LogP contribution is 2.26. The summed E-state index contributed by atoms with van der Waals surface area (Å²) in [6.07, 6.45) is 5.46. The van der Waals surface area contributed by atoms with Crippen molar-refractivity contribution in [2.24, 2.45) is 0 Å². The standard InChI is InChI=1S/C16H26N2/c1-3-4-12-18(15-9-10-15)13-11-17-16-8-6-5-7-14(16)2/h5-8,15,17H,3-4,9-13H2,1-2H3. The van der Waals surface area contributed by atoms with Crippen LogP contribution in [-0.2, 0) is 0 Å². The van der Waals surface area contributed by atoms with Gasteiger partial charge in [-0.15, -0.1) is 0 Å². The number of unbranched alkanes of at least 4 members (excludes halogenated alkanes) is 1. The van der Waals surface area contributed by atoms with E-state index in [2.05, 4.69) is 48.3 Å². The molecule has 1 aromatic rings. The third-order valence-corrected chi connectivity index (χ3v) is 3.72. The van der Waals surface area contributed by atoms with E-state index in [1.807, 2.05) is 0 Å². The number of benzene rings is 1. The first-order valence-electron chi connectivity index (χ1n) is 7.35. The summed E-state index contributed by atoms with van der Waals surface area (Å²) in [7, 11) is 0. The summed E-state index contributed by atoms with van der Waals surface area (Å²) in [5.74, 6) is 0. The van der Waals surface area contributed by atoms with Gasteiger partial charge < -0.3 is 5.32 Å². The fourth-order valence-electron chi connectivity index (χ4n) is 2.38. The van der Waals surface area contributed by atoms with Crippen LogP contribution in [0.1, 0.15) is 38.2 Å². The predicted octanol–water partition coefficient (Wildman–Crippen LogP) is 3.67. The van der Waals surface area contributed by atoms with Crippen molar-refractivity contribution < 1.29 is 0 Å². The predicted molar refractivity (Wildman–Crippen MR) is 79.2 cm³/mol. The Kier molecular flexibility index (Phi) is 5.06. The molecule has 1 aliphatic carbocycles. The van der Waals surface area contributed by atoms with Gasteiger partial charge in [0.05, 0.1) is 0 Å². The lowest BCUT2D eigenvalue weighted by Gasteiger charge is -2.22. The summed E-state index contributed by atoms with van der Waals surface area (Å²) >= 11 is 0. The van der Waals surface area contributed by atoms with Gasteiger partial charge in [-0.3, -0.25) is 4.90 Å². The van der Waals surface area contributed by atoms with Crippen molar-refractivity contribution in [2.75, 3.05) is 25.0 Å². The van der Waals surface area contributed by atoms with Crippen LogP contribution in [0.4, 0.5) is 5.69 Å². The minimum Gasteiger partial charge on any atom is -0.384 e. The summed E-state index contributed by atoms with van der Waals surface area (Å²) in [4.78, 5) is 2.66. The zero-order chi connectivity index (χ0) is 12.8. The normalized spacial score (nSPS) is 15.1. The lowest BCUT2D eigenvalue weighted by atomic mass is 10.2. The molecule has 100 valence electrons. The Morgan fingerprint density at radius 1 is 1.22 bits per heavy atom. The van der Waals surface area contributed by atoms with Crippen LogP contribution in [-0.4, -0.2) is 30.6 Å². The Balaban J connectivity index is 1.74. The van der Waals surface area contributed by atoms with Gasteiger partial charge in [-0.1, -0.05) is 31.5 Å². The van der Waals surface area contributed by atoms with Crippen molar-refractivity contribution in [1.82, 2.24) is 4.90 Å². The monoisotopic (exact) mass is 246 g/mol. The number of para-hydroxylation sites is 1. The molecule has 1 aliphatic rings. The molecule has 2 rings (SSSR count). The Bertz CT molecular complexity index is 358. The first-order valence-corrected chi connectivity index (χ1v) is 7.35. The van der Waals surface area contributed by atoms with E-state index in [0.717, 1.165) is 12.6 Å². The summed E-state index contributed by atoms with van der Waals surface area (Å²) in [6, 6.07) is 9.42. The van der Waals surface area contributed by atoms with E-state index in [-0.39, 0.29) is 0 Å². The van der Waals surface area contributed by atoms with Crippen LogP contribution in [0.15, 0.2) is 24.3 Å². The van der Waals surface area contributed by atoms with Gasteiger partial charge in [0, 0.05) is 24.8 Å². The SMILES string of the molecule is CCCCN(CCNc1ccccc1C)C1CC1. The van der Waals surface area contributed by atoms with E-state index in [1.54, 1.807) is 0 Å². The second-order valence-electron chi connectivity index (χ2n) is 5.36. The zero-order valence-corrected chi connectivity index (χ0v) is 11.8. The molecule has 0 spiro atoms. The molecule has 0 radical (unpaired) electrons. The third kappa shape index (κ3) is 4.02. The quantitative estimate of drug-likeness (QED) is 0.753. The molecule has 1 fully saturated rings. The third-order valence-electron chi connectivity index (χ3n) is 3.72. The summed E-state index contributed by atoms with van der Waals surface area (Å²) in [5.41, 5.74) is 2.62. The highest BCUT2D eigenvalue weighted by atomic mass is 15.2. The lowest BCUT2D eigenvalue weighted by Crippen LogP contribution is -2.32. The molecule has 0 atom stereocenters. The minimum absolute atomic E-state index is 0.884. The van der Waals surface area contributed by atoms with Crippen LogP contribution >= 0.6 is 0 Å². The van der Waals surface area contributed by atoms with Gasteiger partial charge in [-0.05, 0) is 44.4 Å². The highest BCUT2D eigenvalue weighted by Gasteiger charge is 2.27.